The van der Waals surface area contributed by atoms with E-state index in [1.54, 1.807) is 12.1 Å². The van der Waals surface area contributed by atoms with E-state index in [1.165, 1.54) is 25.3 Å². The summed E-state index contributed by atoms with van der Waals surface area (Å²) in [6.45, 7) is 2.69. The zero-order valence-electron chi connectivity index (χ0n) is 10.8. The van der Waals surface area contributed by atoms with E-state index in [0.717, 1.165) is 13.1 Å². The van der Waals surface area contributed by atoms with Gasteiger partial charge in [0.15, 0.2) is 0 Å². The molecule has 1 N–H and O–H groups in total. The number of piperidine rings is 1. The van der Waals surface area contributed by atoms with Crippen LogP contribution in [0.5, 0.6) is 0 Å². The minimum absolute atomic E-state index is 0.217. The minimum atomic E-state index is -0.217. The summed E-state index contributed by atoms with van der Waals surface area (Å²) in [5.41, 5.74) is 0.706. The van der Waals surface area contributed by atoms with Gasteiger partial charge in [-0.1, -0.05) is 24.1 Å². The molecule has 1 aliphatic heterocycles. The zero-order valence-corrected chi connectivity index (χ0v) is 11.5. The van der Waals surface area contributed by atoms with Gasteiger partial charge in [-0.3, -0.25) is 0 Å². The van der Waals surface area contributed by atoms with E-state index in [4.69, 9.17) is 11.6 Å². The molecule has 0 radical (unpaired) electrons. The van der Waals surface area contributed by atoms with Crippen LogP contribution in [-0.2, 0) is 6.54 Å². The maximum absolute atomic E-state index is 13.7. The lowest BCUT2D eigenvalue weighted by molar-refractivity contribution is 0.254. The molecular formula is C14H20ClFN2. The first-order chi connectivity index (χ1) is 8.65. The van der Waals surface area contributed by atoms with Gasteiger partial charge in [0.2, 0.25) is 0 Å². The Bertz CT molecular complexity index is 391. The average molecular weight is 271 g/mol. The van der Waals surface area contributed by atoms with Crippen LogP contribution in [0.4, 0.5) is 4.39 Å². The Kier molecular flexibility index (Phi) is 4.98. The molecule has 100 valence electrons. The summed E-state index contributed by atoms with van der Waals surface area (Å²) in [4.78, 5) is 2.16. The summed E-state index contributed by atoms with van der Waals surface area (Å²) >= 11 is 5.75. The van der Waals surface area contributed by atoms with Crippen molar-refractivity contribution >= 4 is 11.6 Å². The van der Waals surface area contributed by atoms with Gasteiger partial charge in [0.25, 0.3) is 0 Å². The maximum Gasteiger partial charge on any atom is 0.129 e. The van der Waals surface area contributed by atoms with Gasteiger partial charge < -0.3 is 10.2 Å². The molecule has 0 aliphatic carbocycles. The number of nitrogens with zero attached hydrogens (tertiary/aromatic N) is 1. The lowest BCUT2D eigenvalue weighted by atomic mass is 10.0. The molecule has 18 heavy (non-hydrogen) atoms. The highest BCUT2D eigenvalue weighted by Crippen LogP contribution is 2.16. The third-order valence-electron chi connectivity index (χ3n) is 3.40. The molecule has 1 fully saturated rings. The van der Waals surface area contributed by atoms with Crippen molar-refractivity contribution in [3.63, 3.8) is 0 Å². The van der Waals surface area contributed by atoms with Crippen LogP contribution in [0.1, 0.15) is 24.8 Å². The predicted molar refractivity (Wildman–Crippen MR) is 73.4 cm³/mol. The van der Waals surface area contributed by atoms with Gasteiger partial charge in [-0.05, 0) is 38.6 Å². The predicted octanol–water partition coefficient (Wildman–Crippen LogP) is 3.05. The van der Waals surface area contributed by atoms with Gasteiger partial charge in [0.1, 0.15) is 5.82 Å². The Labute approximate surface area is 113 Å². The van der Waals surface area contributed by atoms with Crippen molar-refractivity contribution in [1.82, 2.24) is 10.2 Å². The minimum Gasteiger partial charge on any atom is -0.313 e. The van der Waals surface area contributed by atoms with Crippen molar-refractivity contribution in [1.29, 1.82) is 0 Å². The molecule has 1 unspecified atom stereocenters. The number of hydrogen-bond donors (Lipinski definition) is 1. The second kappa shape index (κ2) is 6.50. The lowest BCUT2D eigenvalue weighted by Crippen LogP contribution is -2.42. The third kappa shape index (κ3) is 3.94. The molecule has 1 aromatic carbocycles. The first-order valence-corrected chi connectivity index (χ1v) is 6.89. The Morgan fingerprint density at radius 2 is 2.28 bits per heavy atom. The Hall–Kier alpha value is -0.640. The first kappa shape index (κ1) is 13.8. The van der Waals surface area contributed by atoms with E-state index < -0.39 is 0 Å². The molecule has 2 nitrogen and oxygen atoms in total. The van der Waals surface area contributed by atoms with Crippen LogP contribution in [0.3, 0.4) is 0 Å². The van der Waals surface area contributed by atoms with Crippen molar-refractivity contribution in [2.24, 2.45) is 0 Å². The molecule has 0 spiro atoms. The summed E-state index contributed by atoms with van der Waals surface area (Å²) in [7, 11) is 2.03. The van der Waals surface area contributed by atoms with Gasteiger partial charge in [-0.15, -0.1) is 0 Å². The molecule has 0 bridgehead atoms. The van der Waals surface area contributed by atoms with Gasteiger partial charge in [0, 0.05) is 29.7 Å². The Balaban J connectivity index is 1.87. The molecule has 2 rings (SSSR count). The molecule has 4 heteroatoms. The number of rotatable bonds is 4. The summed E-state index contributed by atoms with van der Waals surface area (Å²) in [6, 6.07) is 5.43. The molecule has 0 saturated carbocycles. The molecule has 1 saturated heterocycles. The topological polar surface area (TPSA) is 15.3 Å². The van der Waals surface area contributed by atoms with Crippen LogP contribution in [-0.4, -0.2) is 31.1 Å². The highest BCUT2D eigenvalue weighted by Gasteiger charge is 2.15. The fourth-order valence-electron chi connectivity index (χ4n) is 2.46. The lowest BCUT2D eigenvalue weighted by Gasteiger charge is -2.28. The number of likely N-dealkylation sites (N-methyl/N-ethyl adjacent to an activating group) is 1. The number of nitrogens with one attached hydrogen (secondary N) is 1. The van der Waals surface area contributed by atoms with Crippen LogP contribution in [0.25, 0.3) is 0 Å². The smallest absolute Gasteiger partial charge is 0.129 e. The highest BCUT2D eigenvalue weighted by atomic mass is 35.5. The third-order valence-corrected chi connectivity index (χ3v) is 3.63. The summed E-state index contributed by atoms with van der Waals surface area (Å²) < 4.78 is 13.7. The van der Waals surface area contributed by atoms with Gasteiger partial charge in [-0.25, -0.2) is 4.39 Å². The second-order valence-corrected chi connectivity index (χ2v) is 5.52. The fourth-order valence-corrected chi connectivity index (χ4v) is 2.62. The van der Waals surface area contributed by atoms with E-state index in [1.807, 2.05) is 7.05 Å². The van der Waals surface area contributed by atoms with Crippen LogP contribution < -0.4 is 5.32 Å². The van der Waals surface area contributed by atoms with Gasteiger partial charge >= 0.3 is 0 Å². The number of hydrogen-bond acceptors (Lipinski definition) is 2. The number of benzene rings is 1. The largest absolute Gasteiger partial charge is 0.313 e. The van der Waals surface area contributed by atoms with E-state index in [0.29, 0.717) is 23.2 Å². The number of halogens is 2. The van der Waals surface area contributed by atoms with Crippen molar-refractivity contribution < 1.29 is 4.39 Å². The molecule has 1 heterocycles. The SMILES string of the molecule is CN(Cc1ccc(Cl)cc1F)CC1CCCCN1. The molecule has 1 atom stereocenters. The molecule has 0 amide bonds. The van der Waals surface area contributed by atoms with Gasteiger partial charge in [0.05, 0.1) is 0 Å². The van der Waals surface area contributed by atoms with Crippen molar-refractivity contribution in [3.8, 4) is 0 Å². The average Bonchev–Trinajstić information content (AvgIpc) is 2.34. The van der Waals surface area contributed by atoms with E-state index >= 15 is 0 Å². The zero-order chi connectivity index (χ0) is 13.0. The quantitative estimate of drug-likeness (QED) is 0.905. The summed E-state index contributed by atoms with van der Waals surface area (Å²) in [5.74, 6) is -0.217. The van der Waals surface area contributed by atoms with Crippen molar-refractivity contribution in [2.45, 2.75) is 31.8 Å². The van der Waals surface area contributed by atoms with Crippen LogP contribution >= 0.6 is 11.6 Å². The Morgan fingerprint density at radius 1 is 1.44 bits per heavy atom. The van der Waals surface area contributed by atoms with E-state index in [-0.39, 0.29) is 5.82 Å². The van der Waals surface area contributed by atoms with Crippen LogP contribution in [0.2, 0.25) is 5.02 Å². The Morgan fingerprint density at radius 3 is 2.94 bits per heavy atom. The van der Waals surface area contributed by atoms with Crippen LogP contribution in [0.15, 0.2) is 18.2 Å². The highest BCUT2D eigenvalue weighted by molar-refractivity contribution is 6.30. The fraction of sp³-hybridized carbons (Fsp3) is 0.571. The molecule has 1 aromatic rings. The van der Waals surface area contributed by atoms with E-state index in [9.17, 15) is 4.39 Å². The second-order valence-electron chi connectivity index (χ2n) is 5.08. The molecule has 0 aromatic heterocycles. The summed E-state index contributed by atoms with van der Waals surface area (Å²) in [5, 5.41) is 3.95. The standard InChI is InChI=1S/C14H20ClFN2/c1-18(10-13-4-2-3-7-17-13)9-11-5-6-12(15)8-14(11)16/h5-6,8,13,17H,2-4,7,9-10H2,1H3. The molecule has 1 aliphatic rings. The van der Waals surface area contributed by atoms with Crippen molar-refractivity contribution in [2.75, 3.05) is 20.1 Å². The summed E-state index contributed by atoms with van der Waals surface area (Å²) in [6.07, 6.45) is 3.78. The van der Waals surface area contributed by atoms with Crippen molar-refractivity contribution in [3.05, 3.63) is 34.6 Å². The first-order valence-electron chi connectivity index (χ1n) is 6.51. The maximum atomic E-state index is 13.7. The normalized spacial score (nSPS) is 20.3. The molecular weight excluding hydrogens is 251 g/mol. The van der Waals surface area contributed by atoms with E-state index in [2.05, 4.69) is 10.2 Å². The van der Waals surface area contributed by atoms with Crippen LogP contribution in [0, 0.1) is 5.82 Å². The van der Waals surface area contributed by atoms with Gasteiger partial charge in [-0.2, -0.15) is 0 Å². The monoisotopic (exact) mass is 270 g/mol.